The predicted molar refractivity (Wildman–Crippen MR) is 86.4 cm³/mol. The molecule has 0 bridgehead atoms. The lowest BCUT2D eigenvalue weighted by atomic mass is 10.2. The molecule has 0 spiro atoms. The van der Waals surface area contributed by atoms with Gasteiger partial charge in [0.05, 0.1) is 12.7 Å². The molecule has 1 heterocycles. The van der Waals surface area contributed by atoms with Crippen molar-refractivity contribution in [2.45, 2.75) is 77.5 Å². The third-order valence-corrected chi connectivity index (χ3v) is 8.76. The van der Waals surface area contributed by atoms with E-state index in [2.05, 4.69) is 52.9 Å². The fraction of sp³-hybridized carbons (Fsp3) is 0.875. The lowest BCUT2D eigenvalue weighted by molar-refractivity contribution is -0.175. The second-order valence-corrected chi connectivity index (χ2v) is 11.9. The van der Waals surface area contributed by atoms with Gasteiger partial charge in [-0.25, -0.2) is 0 Å². The summed E-state index contributed by atoms with van der Waals surface area (Å²) in [5.74, 6) is 0. The fourth-order valence-electron chi connectivity index (χ4n) is 1.82. The van der Waals surface area contributed by atoms with Gasteiger partial charge in [-0.1, -0.05) is 32.9 Å². The maximum Gasteiger partial charge on any atom is 0.192 e. The monoisotopic (exact) mass is 300 g/mol. The number of ether oxygens (including phenoxy) is 2. The lowest BCUT2D eigenvalue weighted by Crippen LogP contribution is -2.40. The summed E-state index contributed by atoms with van der Waals surface area (Å²) in [4.78, 5) is 0. The first-order valence-electron chi connectivity index (χ1n) is 7.80. The highest BCUT2D eigenvalue weighted by Crippen LogP contribution is 2.36. The van der Waals surface area contributed by atoms with E-state index in [0.717, 1.165) is 19.4 Å². The zero-order chi connectivity index (χ0) is 15.2. The second kappa shape index (κ2) is 7.73. The van der Waals surface area contributed by atoms with Crippen molar-refractivity contribution in [2.75, 3.05) is 13.2 Å². The standard InChI is InChI=1S/C16H32O3Si/c1-14(19-15-11-7-8-12-17-15)10-9-13-18-20(5,6)16(2,3)4/h9-10,14-15H,7-8,11-13H2,1-6H3/b10-9-/t14-,15?/m0/s1. The third-order valence-electron chi connectivity index (χ3n) is 4.26. The molecule has 0 radical (unpaired) electrons. The van der Waals surface area contributed by atoms with E-state index >= 15 is 0 Å². The molecule has 2 atom stereocenters. The van der Waals surface area contributed by atoms with Crippen molar-refractivity contribution in [3.8, 4) is 0 Å². The van der Waals surface area contributed by atoms with Gasteiger partial charge in [0, 0.05) is 6.61 Å². The Morgan fingerprint density at radius 3 is 2.55 bits per heavy atom. The van der Waals surface area contributed by atoms with E-state index < -0.39 is 8.32 Å². The van der Waals surface area contributed by atoms with Gasteiger partial charge in [0.1, 0.15) is 0 Å². The smallest absolute Gasteiger partial charge is 0.192 e. The summed E-state index contributed by atoms with van der Waals surface area (Å²) in [5.41, 5.74) is 0. The molecule has 118 valence electrons. The fourth-order valence-corrected chi connectivity index (χ4v) is 2.77. The minimum Gasteiger partial charge on any atom is -0.413 e. The van der Waals surface area contributed by atoms with Crippen molar-refractivity contribution in [3.05, 3.63) is 12.2 Å². The summed E-state index contributed by atoms with van der Waals surface area (Å²) < 4.78 is 17.5. The van der Waals surface area contributed by atoms with Gasteiger partial charge in [-0.3, -0.25) is 0 Å². The molecular formula is C16H32O3Si. The molecule has 0 aromatic heterocycles. The molecule has 0 aliphatic carbocycles. The molecule has 0 amide bonds. The molecule has 1 aliphatic rings. The van der Waals surface area contributed by atoms with Gasteiger partial charge in [0.15, 0.2) is 14.6 Å². The molecule has 0 saturated carbocycles. The number of rotatable bonds is 6. The first kappa shape index (κ1) is 17.9. The number of hydrogen-bond donors (Lipinski definition) is 0. The molecule has 1 unspecified atom stereocenters. The Hall–Kier alpha value is -0.163. The van der Waals surface area contributed by atoms with Crippen LogP contribution in [0.5, 0.6) is 0 Å². The first-order valence-corrected chi connectivity index (χ1v) is 10.7. The largest absolute Gasteiger partial charge is 0.413 e. The van der Waals surface area contributed by atoms with E-state index in [4.69, 9.17) is 13.9 Å². The van der Waals surface area contributed by atoms with Crippen molar-refractivity contribution < 1.29 is 13.9 Å². The topological polar surface area (TPSA) is 27.7 Å². The van der Waals surface area contributed by atoms with E-state index in [9.17, 15) is 0 Å². The molecule has 0 N–H and O–H groups in total. The Balaban J connectivity index is 2.26. The lowest BCUT2D eigenvalue weighted by Gasteiger charge is -2.35. The Kier molecular flexibility index (Phi) is 6.92. The van der Waals surface area contributed by atoms with Gasteiger partial charge < -0.3 is 13.9 Å². The van der Waals surface area contributed by atoms with Crippen molar-refractivity contribution in [3.63, 3.8) is 0 Å². The van der Waals surface area contributed by atoms with E-state index in [-0.39, 0.29) is 17.4 Å². The molecule has 0 aromatic rings. The van der Waals surface area contributed by atoms with Gasteiger partial charge >= 0.3 is 0 Å². The van der Waals surface area contributed by atoms with Crippen LogP contribution in [0.4, 0.5) is 0 Å². The molecule has 4 heteroatoms. The van der Waals surface area contributed by atoms with Gasteiger partial charge in [0.25, 0.3) is 0 Å². The quantitative estimate of drug-likeness (QED) is 0.534. The minimum absolute atomic E-state index is 0.0234. The molecule has 20 heavy (non-hydrogen) atoms. The summed E-state index contributed by atoms with van der Waals surface area (Å²) >= 11 is 0. The summed E-state index contributed by atoms with van der Waals surface area (Å²) in [6, 6.07) is 0. The molecule has 1 rings (SSSR count). The van der Waals surface area contributed by atoms with Gasteiger partial charge in [0.2, 0.25) is 0 Å². The van der Waals surface area contributed by atoms with Crippen LogP contribution >= 0.6 is 0 Å². The van der Waals surface area contributed by atoms with Crippen LogP contribution in [0.3, 0.4) is 0 Å². The van der Waals surface area contributed by atoms with Crippen molar-refractivity contribution in [1.29, 1.82) is 0 Å². The van der Waals surface area contributed by atoms with Crippen LogP contribution in [0.25, 0.3) is 0 Å². The Morgan fingerprint density at radius 1 is 1.30 bits per heavy atom. The molecule has 1 aliphatic heterocycles. The van der Waals surface area contributed by atoms with Crippen LogP contribution in [0.1, 0.15) is 47.0 Å². The Morgan fingerprint density at radius 2 is 2.00 bits per heavy atom. The van der Waals surface area contributed by atoms with Gasteiger partial charge in [-0.2, -0.15) is 0 Å². The van der Waals surface area contributed by atoms with Crippen LogP contribution in [-0.2, 0) is 13.9 Å². The molecular weight excluding hydrogens is 268 g/mol. The normalized spacial score (nSPS) is 23.2. The molecule has 1 fully saturated rings. The van der Waals surface area contributed by atoms with Crippen LogP contribution < -0.4 is 0 Å². The van der Waals surface area contributed by atoms with Gasteiger partial charge in [-0.15, -0.1) is 0 Å². The SMILES string of the molecule is C[C@@H](/C=C\CO[Si](C)(C)C(C)(C)C)OC1CCCCO1. The summed E-state index contributed by atoms with van der Waals surface area (Å²) in [6.07, 6.45) is 7.59. The maximum atomic E-state index is 6.10. The van der Waals surface area contributed by atoms with E-state index in [0.29, 0.717) is 6.61 Å². The molecule has 3 nitrogen and oxygen atoms in total. The molecule has 0 aromatic carbocycles. The predicted octanol–water partition coefficient (Wildman–Crippen LogP) is 4.50. The van der Waals surface area contributed by atoms with Crippen molar-refractivity contribution >= 4 is 8.32 Å². The van der Waals surface area contributed by atoms with E-state index in [1.807, 2.05) is 0 Å². The zero-order valence-electron chi connectivity index (χ0n) is 14.1. The van der Waals surface area contributed by atoms with Gasteiger partial charge in [-0.05, 0) is 44.3 Å². The van der Waals surface area contributed by atoms with E-state index in [1.54, 1.807) is 0 Å². The summed E-state index contributed by atoms with van der Waals surface area (Å²) in [6.45, 7) is 14.9. The average molecular weight is 301 g/mol. The Bertz CT molecular complexity index is 301. The highest BCUT2D eigenvalue weighted by atomic mass is 28.4. The maximum absolute atomic E-state index is 6.10. The van der Waals surface area contributed by atoms with Crippen LogP contribution in [0.15, 0.2) is 12.2 Å². The van der Waals surface area contributed by atoms with Crippen LogP contribution in [-0.4, -0.2) is 33.9 Å². The van der Waals surface area contributed by atoms with Crippen molar-refractivity contribution in [1.82, 2.24) is 0 Å². The Labute approximate surface area is 125 Å². The second-order valence-electron chi connectivity index (χ2n) is 7.14. The average Bonchev–Trinajstić information content (AvgIpc) is 2.34. The summed E-state index contributed by atoms with van der Waals surface area (Å²) in [5, 5.41) is 0.263. The third kappa shape index (κ3) is 6.08. The van der Waals surface area contributed by atoms with Crippen molar-refractivity contribution in [2.24, 2.45) is 0 Å². The number of hydrogen-bond acceptors (Lipinski definition) is 3. The van der Waals surface area contributed by atoms with Crippen LogP contribution in [0.2, 0.25) is 18.1 Å². The van der Waals surface area contributed by atoms with E-state index in [1.165, 1.54) is 6.42 Å². The zero-order valence-corrected chi connectivity index (χ0v) is 15.1. The highest BCUT2D eigenvalue weighted by Gasteiger charge is 2.36. The summed E-state index contributed by atoms with van der Waals surface area (Å²) in [7, 11) is -1.64. The first-order chi connectivity index (χ1) is 9.22. The minimum atomic E-state index is -1.64. The van der Waals surface area contributed by atoms with Crippen LogP contribution in [0, 0.1) is 0 Å². The highest BCUT2D eigenvalue weighted by molar-refractivity contribution is 6.74. The molecule has 1 saturated heterocycles.